The van der Waals surface area contributed by atoms with Crippen LogP contribution in [-0.2, 0) is 11.2 Å². The number of aryl methyl sites for hydroxylation is 1. The van der Waals surface area contributed by atoms with Gasteiger partial charge in [0, 0.05) is 22.5 Å². The summed E-state index contributed by atoms with van der Waals surface area (Å²) in [5.41, 5.74) is 2.11. The molecule has 0 radical (unpaired) electrons. The number of hydrogen-bond acceptors (Lipinski definition) is 4. The number of rotatable bonds is 5. The number of H-pyrrole nitrogens is 1. The number of fused-ring (bicyclic) bond motifs is 1. The van der Waals surface area contributed by atoms with Gasteiger partial charge in [-0.25, -0.2) is 0 Å². The number of nitrogens with zero attached hydrogens (tertiary/aromatic N) is 1. The van der Waals surface area contributed by atoms with E-state index in [1.807, 2.05) is 13.2 Å². The third-order valence-electron chi connectivity index (χ3n) is 3.77. The molecule has 0 spiro atoms. The molecule has 1 amide bonds. The second-order valence-electron chi connectivity index (χ2n) is 5.00. The van der Waals surface area contributed by atoms with Gasteiger partial charge in [0.05, 0.1) is 18.7 Å². The zero-order valence-electron chi connectivity index (χ0n) is 11.3. The number of carbonyl (C=O) groups excluding carboxylic acids is 1. The molecule has 1 aliphatic rings. The van der Waals surface area contributed by atoms with Crippen LogP contribution < -0.4 is 5.32 Å². The van der Waals surface area contributed by atoms with Gasteiger partial charge in [0.2, 0.25) is 5.91 Å². The van der Waals surface area contributed by atoms with Gasteiger partial charge in [-0.05, 0) is 32.4 Å². The quantitative estimate of drug-likeness (QED) is 0.755. The third-order valence-corrected chi connectivity index (χ3v) is 4.94. The van der Waals surface area contributed by atoms with Crippen LogP contribution in [0.2, 0.25) is 0 Å². The number of aliphatic hydroxyl groups excluding tert-OH is 1. The highest BCUT2D eigenvalue weighted by Crippen LogP contribution is 2.30. The van der Waals surface area contributed by atoms with Gasteiger partial charge in [-0.2, -0.15) is 16.9 Å². The summed E-state index contributed by atoms with van der Waals surface area (Å²) < 4.78 is 0. The highest BCUT2D eigenvalue weighted by Gasteiger charge is 2.29. The maximum atomic E-state index is 12.4. The van der Waals surface area contributed by atoms with Crippen molar-refractivity contribution in [2.24, 2.45) is 0 Å². The summed E-state index contributed by atoms with van der Waals surface area (Å²) in [6.07, 6.45) is 6.56. The highest BCUT2D eigenvalue weighted by molar-refractivity contribution is 7.99. The molecule has 106 valence electrons. The van der Waals surface area contributed by atoms with Crippen LogP contribution in [0.25, 0.3) is 0 Å². The summed E-state index contributed by atoms with van der Waals surface area (Å²) in [6.45, 7) is 2.01. The number of hydrogen-bond donors (Lipinski definition) is 3. The fraction of sp³-hybridized carbons (Fsp3) is 0.692. The number of amides is 1. The third kappa shape index (κ3) is 3.12. The van der Waals surface area contributed by atoms with E-state index in [2.05, 4.69) is 15.5 Å². The van der Waals surface area contributed by atoms with Crippen LogP contribution in [0.1, 0.15) is 36.9 Å². The summed E-state index contributed by atoms with van der Waals surface area (Å²) in [5, 5.41) is 19.3. The van der Waals surface area contributed by atoms with E-state index in [-0.39, 0.29) is 29.7 Å². The van der Waals surface area contributed by atoms with Gasteiger partial charge < -0.3 is 10.4 Å². The molecule has 1 heterocycles. The number of aromatic nitrogens is 2. The number of thioether (sulfide) groups is 1. The lowest BCUT2D eigenvalue weighted by molar-refractivity contribution is -0.123. The molecule has 3 N–H and O–H groups in total. The van der Waals surface area contributed by atoms with E-state index in [0.29, 0.717) is 0 Å². The van der Waals surface area contributed by atoms with E-state index in [9.17, 15) is 9.90 Å². The summed E-state index contributed by atoms with van der Waals surface area (Å²) in [6, 6.07) is -0.0372. The lowest BCUT2D eigenvalue weighted by Crippen LogP contribution is -2.43. The van der Waals surface area contributed by atoms with E-state index in [1.165, 1.54) is 0 Å². The predicted molar refractivity (Wildman–Crippen MR) is 76.3 cm³/mol. The first kappa shape index (κ1) is 14.4. The molecule has 1 aliphatic carbocycles. The molecule has 2 rings (SSSR count). The second-order valence-corrected chi connectivity index (χ2v) is 6.08. The van der Waals surface area contributed by atoms with Crippen molar-refractivity contribution in [1.29, 1.82) is 0 Å². The molecular formula is C13H21N3O2S. The minimum atomic E-state index is -0.105. The minimum absolute atomic E-state index is 0.0372. The lowest BCUT2D eigenvalue weighted by Gasteiger charge is -2.26. The van der Waals surface area contributed by atoms with Gasteiger partial charge in [0.15, 0.2) is 0 Å². The Morgan fingerprint density at radius 3 is 3.21 bits per heavy atom. The molecule has 0 saturated carbocycles. The molecule has 0 aromatic carbocycles. The Balaban J connectivity index is 2.02. The molecule has 0 fully saturated rings. The zero-order valence-corrected chi connectivity index (χ0v) is 12.2. The highest BCUT2D eigenvalue weighted by atomic mass is 32.2. The molecule has 5 nitrogen and oxygen atoms in total. The van der Waals surface area contributed by atoms with E-state index >= 15 is 0 Å². The van der Waals surface area contributed by atoms with Gasteiger partial charge in [0.1, 0.15) is 0 Å². The van der Waals surface area contributed by atoms with Crippen molar-refractivity contribution in [3.63, 3.8) is 0 Å². The lowest BCUT2D eigenvalue weighted by atomic mass is 9.86. The van der Waals surface area contributed by atoms with Crippen molar-refractivity contribution in [3.8, 4) is 0 Å². The van der Waals surface area contributed by atoms with Crippen LogP contribution in [-0.4, -0.2) is 45.4 Å². The zero-order chi connectivity index (χ0) is 13.8. The number of nitrogens with one attached hydrogen (secondary N) is 2. The van der Waals surface area contributed by atoms with Crippen LogP contribution in [0, 0.1) is 0 Å². The standard InChI is InChI=1S/C13H21N3O2S/c1-8(12(7-17)19-2)15-13(18)9-4-3-5-11-10(9)6-14-16-11/h6,8-9,12,17H,3-5,7H2,1-2H3,(H,14,16)(H,15,18). The van der Waals surface area contributed by atoms with Crippen molar-refractivity contribution >= 4 is 17.7 Å². The van der Waals surface area contributed by atoms with Gasteiger partial charge in [-0.15, -0.1) is 0 Å². The van der Waals surface area contributed by atoms with Crippen LogP contribution in [0.15, 0.2) is 6.20 Å². The molecule has 3 unspecified atom stereocenters. The topological polar surface area (TPSA) is 78.0 Å². The Morgan fingerprint density at radius 2 is 2.53 bits per heavy atom. The van der Waals surface area contributed by atoms with E-state index < -0.39 is 0 Å². The van der Waals surface area contributed by atoms with Gasteiger partial charge in [-0.3, -0.25) is 9.89 Å². The Hall–Kier alpha value is -1.01. The molecule has 3 atom stereocenters. The fourth-order valence-electron chi connectivity index (χ4n) is 2.59. The van der Waals surface area contributed by atoms with E-state index in [4.69, 9.17) is 0 Å². The Kier molecular flexibility index (Phi) is 4.87. The first-order valence-corrected chi connectivity index (χ1v) is 7.92. The molecule has 0 bridgehead atoms. The second kappa shape index (κ2) is 6.43. The Labute approximate surface area is 117 Å². The molecule has 1 aromatic rings. The largest absolute Gasteiger partial charge is 0.395 e. The molecule has 0 saturated heterocycles. The van der Waals surface area contributed by atoms with Crippen LogP contribution in [0.3, 0.4) is 0 Å². The van der Waals surface area contributed by atoms with E-state index in [1.54, 1.807) is 18.0 Å². The number of aromatic amines is 1. The molecular weight excluding hydrogens is 262 g/mol. The number of carbonyl (C=O) groups is 1. The SMILES string of the molecule is CSC(CO)C(C)NC(=O)C1CCCc2[nH]ncc21. The van der Waals surface area contributed by atoms with Gasteiger partial charge >= 0.3 is 0 Å². The van der Waals surface area contributed by atoms with Crippen molar-refractivity contribution in [2.75, 3.05) is 12.9 Å². The summed E-state index contributed by atoms with van der Waals surface area (Å²) in [7, 11) is 0. The normalized spacial score (nSPS) is 21.5. The molecule has 1 aromatic heterocycles. The molecule has 0 aliphatic heterocycles. The predicted octanol–water partition coefficient (Wildman–Crippen LogP) is 1.06. The van der Waals surface area contributed by atoms with Gasteiger partial charge in [0.25, 0.3) is 0 Å². The van der Waals surface area contributed by atoms with Gasteiger partial charge in [-0.1, -0.05) is 0 Å². The van der Waals surface area contributed by atoms with Crippen molar-refractivity contribution in [1.82, 2.24) is 15.5 Å². The van der Waals surface area contributed by atoms with E-state index in [0.717, 1.165) is 30.5 Å². The van der Waals surface area contributed by atoms with Crippen molar-refractivity contribution in [3.05, 3.63) is 17.5 Å². The maximum absolute atomic E-state index is 12.4. The smallest absolute Gasteiger partial charge is 0.227 e. The fourth-order valence-corrected chi connectivity index (χ4v) is 3.21. The Bertz CT molecular complexity index is 431. The summed E-state index contributed by atoms with van der Waals surface area (Å²) in [4.78, 5) is 12.4. The average Bonchev–Trinajstić information content (AvgIpc) is 2.87. The van der Waals surface area contributed by atoms with Crippen molar-refractivity contribution in [2.45, 2.75) is 43.4 Å². The first-order chi connectivity index (χ1) is 9.17. The van der Waals surface area contributed by atoms with Crippen LogP contribution in [0.5, 0.6) is 0 Å². The Morgan fingerprint density at radius 1 is 1.74 bits per heavy atom. The summed E-state index contributed by atoms with van der Waals surface area (Å²) >= 11 is 1.57. The van der Waals surface area contributed by atoms with Crippen molar-refractivity contribution < 1.29 is 9.90 Å². The van der Waals surface area contributed by atoms with Crippen LogP contribution in [0.4, 0.5) is 0 Å². The minimum Gasteiger partial charge on any atom is -0.395 e. The molecule has 6 heteroatoms. The molecule has 19 heavy (non-hydrogen) atoms. The average molecular weight is 283 g/mol. The summed E-state index contributed by atoms with van der Waals surface area (Å²) in [5.74, 6) is -0.0616. The van der Waals surface area contributed by atoms with Crippen LogP contribution >= 0.6 is 11.8 Å². The first-order valence-electron chi connectivity index (χ1n) is 6.63. The maximum Gasteiger partial charge on any atom is 0.227 e. The monoisotopic (exact) mass is 283 g/mol. The number of aliphatic hydroxyl groups is 1.